The molecule has 4 rings (SSSR count). The molecule has 0 spiro atoms. The summed E-state index contributed by atoms with van der Waals surface area (Å²) in [6, 6.07) is 7.24. The number of para-hydroxylation sites is 2. The van der Waals surface area contributed by atoms with Crippen LogP contribution < -0.4 is 0 Å². The standard InChI is InChI=1S/C17H14F3N5O2/c18-17(19,20)16-24-23-14(27-16)10-5-7-25(8-6-10)15(26)13-9-21-11-3-1-2-4-12(11)22-13/h1-4,9-10H,5-8H2. The number of carbonyl (C=O) groups is 1. The second kappa shape index (κ2) is 6.60. The molecule has 1 fully saturated rings. The molecule has 10 heteroatoms. The summed E-state index contributed by atoms with van der Waals surface area (Å²) >= 11 is 0. The third kappa shape index (κ3) is 3.46. The Labute approximate surface area is 151 Å². The average molecular weight is 377 g/mol. The first-order chi connectivity index (χ1) is 12.9. The van der Waals surface area contributed by atoms with E-state index in [2.05, 4.69) is 20.2 Å². The molecule has 1 amide bonds. The van der Waals surface area contributed by atoms with Crippen molar-refractivity contribution >= 4 is 16.9 Å². The quantitative estimate of drug-likeness (QED) is 0.682. The van der Waals surface area contributed by atoms with Crippen molar-refractivity contribution in [2.45, 2.75) is 24.9 Å². The van der Waals surface area contributed by atoms with Crippen molar-refractivity contribution in [3.8, 4) is 0 Å². The van der Waals surface area contributed by atoms with Gasteiger partial charge in [-0.05, 0) is 25.0 Å². The number of likely N-dealkylation sites (tertiary alicyclic amines) is 1. The molecule has 0 radical (unpaired) electrons. The fraction of sp³-hybridized carbons (Fsp3) is 0.353. The van der Waals surface area contributed by atoms with Crippen LogP contribution in [0.4, 0.5) is 13.2 Å². The Balaban J connectivity index is 1.43. The van der Waals surface area contributed by atoms with Crippen molar-refractivity contribution in [2.24, 2.45) is 0 Å². The molecule has 2 aromatic heterocycles. The smallest absolute Gasteiger partial charge is 0.417 e. The van der Waals surface area contributed by atoms with E-state index in [4.69, 9.17) is 4.42 Å². The number of fused-ring (bicyclic) bond motifs is 1. The van der Waals surface area contributed by atoms with Crippen LogP contribution in [0.15, 0.2) is 34.9 Å². The van der Waals surface area contributed by atoms with Gasteiger partial charge in [-0.1, -0.05) is 12.1 Å². The van der Waals surface area contributed by atoms with Crippen LogP contribution in [0.3, 0.4) is 0 Å². The number of piperidine rings is 1. The Kier molecular flexibility index (Phi) is 4.25. The monoisotopic (exact) mass is 377 g/mol. The Hall–Kier alpha value is -3.04. The van der Waals surface area contributed by atoms with Gasteiger partial charge in [0.2, 0.25) is 5.89 Å². The largest absolute Gasteiger partial charge is 0.470 e. The highest BCUT2D eigenvalue weighted by Crippen LogP contribution is 2.32. The van der Waals surface area contributed by atoms with Crippen molar-refractivity contribution in [1.29, 1.82) is 0 Å². The van der Waals surface area contributed by atoms with Gasteiger partial charge in [0.25, 0.3) is 5.91 Å². The number of amides is 1. The number of carbonyl (C=O) groups excluding carboxylic acids is 1. The second-order valence-corrected chi connectivity index (χ2v) is 6.25. The number of hydrogen-bond acceptors (Lipinski definition) is 6. The molecule has 0 unspecified atom stereocenters. The van der Waals surface area contributed by atoms with Gasteiger partial charge in [-0.25, -0.2) is 4.98 Å². The molecular weight excluding hydrogens is 363 g/mol. The van der Waals surface area contributed by atoms with E-state index in [-0.39, 0.29) is 23.4 Å². The van der Waals surface area contributed by atoms with Gasteiger partial charge >= 0.3 is 12.1 Å². The molecule has 1 aromatic carbocycles. The van der Waals surface area contributed by atoms with Crippen molar-refractivity contribution in [3.05, 3.63) is 47.9 Å². The van der Waals surface area contributed by atoms with E-state index < -0.39 is 12.1 Å². The lowest BCUT2D eigenvalue weighted by Gasteiger charge is -2.30. The predicted octanol–water partition coefficient (Wildman–Crippen LogP) is 3.05. The fourth-order valence-corrected chi connectivity index (χ4v) is 3.07. The second-order valence-electron chi connectivity index (χ2n) is 6.25. The third-order valence-electron chi connectivity index (χ3n) is 4.48. The summed E-state index contributed by atoms with van der Waals surface area (Å²) in [5, 5.41) is 6.56. The molecule has 7 nitrogen and oxygen atoms in total. The van der Waals surface area contributed by atoms with Crippen molar-refractivity contribution < 1.29 is 22.4 Å². The number of nitrogens with zero attached hydrogens (tertiary/aromatic N) is 5. The number of halogens is 3. The van der Waals surface area contributed by atoms with Crippen molar-refractivity contribution in [1.82, 2.24) is 25.1 Å². The van der Waals surface area contributed by atoms with Crippen LogP contribution in [0.1, 0.15) is 41.0 Å². The zero-order chi connectivity index (χ0) is 19.0. The van der Waals surface area contributed by atoms with Gasteiger partial charge in [0.1, 0.15) is 5.69 Å². The molecule has 1 saturated heterocycles. The van der Waals surface area contributed by atoms with E-state index in [1.807, 2.05) is 18.2 Å². The SMILES string of the molecule is O=C(c1cnc2ccccc2n1)N1CCC(c2nnc(C(F)(F)F)o2)CC1. The summed E-state index contributed by atoms with van der Waals surface area (Å²) in [6.07, 6.45) is -2.35. The number of aromatic nitrogens is 4. The minimum atomic E-state index is -4.66. The van der Waals surface area contributed by atoms with Crippen molar-refractivity contribution in [3.63, 3.8) is 0 Å². The van der Waals surface area contributed by atoms with Gasteiger partial charge in [0.05, 0.1) is 17.2 Å². The minimum absolute atomic E-state index is 0.0417. The van der Waals surface area contributed by atoms with Gasteiger partial charge < -0.3 is 9.32 Å². The summed E-state index contributed by atoms with van der Waals surface area (Å²) < 4.78 is 42.5. The first kappa shape index (κ1) is 17.4. The maximum atomic E-state index is 12.6. The summed E-state index contributed by atoms with van der Waals surface area (Å²) in [4.78, 5) is 22.8. The van der Waals surface area contributed by atoms with Gasteiger partial charge in [0.15, 0.2) is 0 Å². The normalized spacial score (nSPS) is 16.0. The van der Waals surface area contributed by atoms with Crippen LogP contribution in [-0.4, -0.2) is 44.1 Å². The topological polar surface area (TPSA) is 85.0 Å². The summed E-state index contributed by atoms with van der Waals surface area (Å²) in [7, 11) is 0. The molecule has 27 heavy (non-hydrogen) atoms. The molecular formula is C17H14F3N5O2. The van der Waals surface area contributed by atoms with Gasteiger partial charge in [-0.3, -0.25) is 9.78 Å². The Morgan fingerprint density at radius 3 is 2.48 bits per heavy atom. The van der Waals surface area contributed by atoms with Crippen LogP contribution in [0.25, 0.3) is 11.0 Å². The van der Waals surface area contributed by atoms with Crippen LogP contribution in [-0.2, 0) is 6.18 Å². The molecule has 3 heterocycles. The number of rotatable bonds is 2. The van der Waals surface area contributed by atoms with E-state index in [1.54, 1.807) is 11.0 Å². The highest BCUT2D eigenvalue weighted by molar-refractivity contribution is 5.93. The Bertz CT molecular complexity index is 980. The lowest BCUT2D eigenvalue weighted by molar-refractivity contribution is -0.157. The summed E-state index contributed by atoms with van der Waals surface area (Å²) in [5.74, 6) is -1.95. The van der Waals surface area contributed by atoms with Crippen LogP contribution in [0, 0.1) is 0 Å². The van der Waals surface area contributed by atoms with E-state index in [0.717, 1.165) is 0 Å². The van der Waals surface area contributed by atoms with E-state index >= 15 is 0 Å². The summed E-state index contributed by atoms with van der Waals surface area (Å²) in [5.41, 5.74) is 1.57. The molecule has 0 bridgehead atoms. The molecule has 0 saturated carbocycles. The van der Waals surface area contributed by atoms with E-state index in [0.29, 0.717) is 37.0 Å². The average Bonchev–Trinajstić information content (AvgIpc) is 3.18. The first-order valence-electron chi connectivity index (χ1n) is 8.33. The van der Waals surface area contributed by atoms with E-state index in [1.165, 1.54) is 6.20 Å². The van der Waals surface area contributed by atoms with Crippen LogP contribution in [0.2, 0.25) is 0 Å². The Morgan fingerprint density at radius 1 is 1.11 bits per heavy atom. The molecule has 0 atom stereocenters. The van der Waals surface area contributed by atoms with Gasteiger partial charge in [0, 0.05) is 19.0 Å². The van der Waals surface area contributed by atoms with Crippen LogP contribution in [0.5, 0.6) is 0 Å². The number of alkyl halides is 3. The maximum absolute atomic E-state index is 12.6. The number of hydrogen-bond donors (Lipinski definition) is 0. The molecule has 140 valence electrons. The maximum Gasteiger partial charge on any atom is 0.470 e. The molecule has 0 N–H and O–H groups in total. The molecule has 0 aliphatic carbocycles. The lowest BCUT2D eigenvalue weighted by Crippen LogP contribution is -2.38. The molecule has 1 aliphatic heterocycles. The minimum Gasteiger partial charge on any atom is -0.417 e. The molecule has 1 aliphatic rings. The molecule has 3 aromatic rings. The third-order valence-corrected chi connectivity index (χ3v) is 4.48. The first-order valence-corrected chi connectivity index (χ1v) is 8.33. The van der Waals surface area contributed by atoms with Crippen LogP contribution >= 0.6 is 0 Å². The van der Waals surface area contributed by atoms with Gasteiger partial charge in [-0.2, -0.15) is 13.2 Å². The predicted molar refractivity (Wildman–Crippen MR) is 86.7 cm³/mol. The van der Waals surface area contributed by atoms with Gasteiger partial charge in [-0.15, -0.1) is 10.2 Å². The highest BCUT2D eigenvalue weighted by atomic mass is 19.4. The fourth-order valence-electron chi connectivity index (χ4n) is 3.07. The zero-order valence-corrected chi connectivity index (χ0v) is 14.0. The Morgan fingerprint density at radius 2 is 1.81 bits per heavy atom. The lowest BCUT2D eigenvalue weighted by atomic mass is 9.96. The zero-order valence-electron chi connectivity index (χ0n) is 14.0. The summed E-state index contributed by atoms with van der Waals surface area (Å²) in [6.45, 7) is 0.726. The van der Waals surface area contributed by atoms with Crippen molar-refractivity contribution in [2.75, 3.05) is 13.1 Å². The highest BCUT2D eigenvalue weighted by Gasteiger charge is 2.39. The number of benzene rings is 1. The van der Waals surface area contributed by atoms with E-state index in [9.17, 15) is 18.0 Å².